The number of carbonyl (C=O) groups excluding carboxylic acids is 2. The van der Waals surface area contributed by atoms with E-state index in [1.54, 1.807) is 18.4 Å². The van der Waals surface area contributed by atoms with Crippen molar-refractivity contribution >= 4 is 35.6 Å². The van der Waals surface area contributed by atoms with Gasteiger partial charge in [-0.3, -0.25) is 9.59 Å². The van der Waals surface area contributed by atoms with Gasteiger partial charge in [0.25, 0.3) is 0 Å². The summed E-state index contributed by atoms with van der Waals surface area (Å²) in [5.74, 6) is 0.307. The molecule has 21 heavy (non-hydrogen) atoms. The van der Waals surface area contributed by atoms with Crippen LogP contribution >= 0.6 is 23.7 Å². The van der Waals surface area contributed by atoms with E-state index in [2.05, 4.69) is 10.6 Å². The molecule has 0 spiro atoms. The number of amides is 2. The van der Waals surface area contributed by atoms with Crippen LogP contribution in [0.5, 0.6) is 0 Å². The molecule has 0 saturated carbocycles. The quantitative estimate of drug-likeness (QED) is 0.820. The van der Waals surface area contributed by atoms with Gasteiger partial charge in [0, 0.05) is 17.8 Å². The number of thiophene rings is 1. The van der Waals surface area contributed by atoms with E-state index in [9.17, 15) is 9.59 Å². The summed E-state index contributed by atoms with van der Waals surface area (Å²) in [6.07, 6.45) is 0. The van der Waals surface area contributed by atoms with Crippen molar-refractivity contribution in [2.75, 3.05) is 26.7 Å². The smallest absolute Gasteiger partial charge is 0.239 e. The highest BCUT2D eigenvalue weighted by Crippen LogP contribution is 2.17. The molecule has 5 nitrogen and oxygen atoms in total. The van der Waals surface area contributed by atoms with Gasteiger partial charge in [0.1, 0.15) is 0 Å². The molecule has 2 heterocycles. The van der Waals surface area contributed by atoms with Crippen LogP contribution in [0.15, 0.2) is 17.5 Å². The van der Waals surface area contributed by atoms with E-state index in [0.29, 0.717) is 12.5 Å². The van der Waals surface area contributed by atoms with Crippen molar-refractivity contribution in [1.82, 2.24) is 15.5 Å². The maximum atomic E-state index is 12.2. The number of halogens is 1. The molecule has 0 radical (unpaired) electrons. The highest BCUT2D eigenvalue weighted by Gasteiger charge is 2.30. The number of rotatable bonds is 6. The maximum Gasteiger partial charge on any atom is 0.239 e. The van der Waals surface area contributed by atoms with Gasteiger partial charge < -0.3 is 15.5 Å². The summed E-state index contributed by atoms with van der Waals surface area (Å²) in [5.41, 5.74) is 0. The molecule has 1 fully saturated rings. The van der Waals surface area contributed by atoms with E-state index in [1.807, 2.05) is 24.4 Å². The fraction of sp³-hybridized carbons (Fsp3) is 0.571. The maximum absolute atomic E-state index is 12.2. The van der Waals surface area contributed by atoms with Crippen molar-refractivity contribution in [3.63, 3.8) is 0 Å². The van der Waals surface area contributed by atoms with Crippen molar-refractivity contribution in [1.29, 1.82) is 0 Å². The van der Waals surface area contributed by atoms with Gasteiger partial charge in [-0.25, -0.2) is 0 Å². The lowest BCUT2D eigenvalue weighted by atomic mass is 9.88. The fourth-order valence-corrected chi connectivity index (χ4v) is 2.81. The Labute approximate surface area is 135 Å². The van der Waals surface area contributed by atoms with Crippen molar-refractivity contribution in [3.05, 3.63) is 22.4 Å². The Hall–Kier alpha value is -1.11. The number of hydrogen-bond acceptors (Lipinski definition) is 4. The minimum absolute atomic E-state index is 0. The van der Waals surface area contributed by atoms with Gasteiger partial charge in [-0.2, -0.15) is 0 Å². The highest BCUT2D eigenvalue weighted by atomic mass is 35.5. The van der Waals surface area contributed by atoms with Gasteiger partial charge in [-0.15, -0.1) is 23.7 Å². The third-order valence-electron chi connectivity index (χ3n) is 3.71. The van der Waals surface area contributed by atoms with Crippen LogP contribution in [-0.4, -0.2) is 43.4 Å². The fourth-order valence-electron chi connectivity index (χ4n) is 2.16. The highest BCUT2D eigenvalue weighted by molar-refractivity contribution is 7.09. The summed E-state index contributed by atoms with van der Waals surface area (Å²) in [4.78, 5) is 26.6. The summed E-state index contributed by atoms with van der Waals surface area (Å²) in [7, 11) is 1.69. The Kier molecular flexibility index (Phi) is 7.14. The van der Waals surface area contributed by atoms with Crippen LogP contribution in [0.2, 0.25) is 0 Å². The van der Waals surface area contributed by atoms with Crippen molar-refractivity contribution in [2.45, 2.75) is 13.5 Å². The third kappa shape index (κ3) is 4.98. The topological polar surface area (TPSA) is 61.4 Å². The Morgan fingerprint density at radius 1 is 1.52 bits per heavy atom. The molecular formula is C14H22ClN3O2S. The van der Waals surface area contributed by atoms with E-state index in [0.717, 1.165) is 18.0 Å². The van der Waals surface area contributed by atoms with Gasteiger partial charge >= 0.3 is 0 Å². The average molecular weight is 332 g/mol. The first-order valence-corrected chi connectivity index (χ1v) is 7.70. The first-order valence-electron chi connectivity index (χ1n) is 6.82. The summed E-state index contributed by atoms with van der Waals surface area (Å²) < 4.78 is 0. The lowest BCUT2D eigenvalue weighted by Crippen LogP contribution is -2.50. The monoisotopic (exact) mass is 331 g/mol. The molecule has 0 aliphatic carbocycles. The molecule has 2 amide bonds. The van der Waals surface area contributed by atoms with E-state index in [-0.39, 0.29) is 36.7 Å². The van der Waals surface area contributed by atoms with E-state index >= 15 is 0 Å². The van der Waals surface area contributed by atoms with Gasteiger partial charge in [0.2, 0.25) is 11.8 Å². The van der Waals surface area contributed by atoms with Crippen LogP contribution in [0.3, 0.4) is 0 Å². The van der Waals surface area contributed by atoms with Gasteiger partial charge in [0.05, 0.1) is 13.1 Å². The Balaban J connectivity index is 0.00000220. The molecule has 1 aliphatic rings. The summed E-state index contributed by atoms with van der Waals surface area (Å²) in [6, 6.07) is 3.93. The van der Waals surface area contributed by atoms with Crippen LogP contribution in [-0.2, 0) is 16.1 Å². The molecule has 0 bridgehead atoms. The number of nitrogens with one attached hydrogen (secondary N) is 2. The molecule has 118 valence electrons. The Bertz CT molecular complexity index is 463. The molecule has 1 unspecified atom stereocenters. The average Bonchev–Trinajstić information content (AvgIpc) is 2.86. The zero-order valence-corrected chi connectivity index (χ0v) is 13.9. The molecule has 0 aromatic carbocycles. The SMILES string of the molecule is CC(C(=O)N(C)CC(=O)NCc1cccs1)C1CNC1.Cl. The summed E-state index contributed by atoms with van der Waals surface area (Å²) in [5, 5.41) is 7.97. The molecule has 2 rings (SSSR count). The molecular weight excluding hydrogens is 310 g/mol. The second-order valence-corrected chi connectivity index (χ2v) is 6.29. The predicted octanol–water partition coefficient (Wildman–Crippen LogP) is 1.10. The van der Waals surface area contributed by atoms with Crippen molar-refractivity contribution in [2.24, 2.45) is 11.8 Å². The predicted molar refractivity (Wildman–Crippen MR) is 86.6 cm³/mol. The van der Waals surface area contributed by atoms with Crippen LogP contribution in [0.4, 0.5) is 0 Å². The number of likely N-dealkylation sites (N-methyl/N-ethyl adjacent to an activating group) is 1. The van der Waals surface area contributed by atoms with Crippen molar-refractivity contribution in [3.8, 4) is 0 Å². The van der Waals surface area contributed by atoms with Gasteiger partial charge in [0.15, 0.2) is 0 Å². The summed E-state index contributed by atoms with van der Waals surface area (Å²) >= 11 is 1.61. The van der Waals surface area contributed by atoms with Crippen LogP contribution < -0.4 is 10.6 Å². The molecule has 1 aliphatic heterocycles. The largest absolute Gasteiger partial charge is 0.350 e. The van der Waals surface area contributed by atoms with E-state index in [4.69, 9.17) is 0 Å². The van der Waals surface area contributed by atoms with Crippen LogP contribution in [0, 0.1) is 11.8 Å². The number of nitrogens with zero attached hydrogens (tertiary/aromatic N) is 1. The number of carbonyl (C=O) groups is 2. The standard InChI is InChI=1S/C14H21N3O2S.ClH/c1-10(11-6-15-7-11)14(19)17(2)9-13(18)16-8-12-4-3-5-20-12;/h3-5,10-11,15H,6-9H2,1-2H3,(H,16,18);1H. The van der Waals surface area contributed by atoms with Crippen LogP contribution in [0.25, 0.3) is 0 Å². The van der Waals surface area contributed by atoms with Crippen LogP contribution in [0.1, 0.15) is 11.8 Å². The molecule has 7 heteroatoms. The minimum atomic E-state index is -0.117. The zero-order valence-electron chi connectivity index (χ0n) is 12.3. The second kappa shape index (κ2) is 8.36. The summed E-state index contributed by atoms with van der Waals surface area (Å²) in [6.45, 7) is 4.37. The molecule has 1 aromatic heterocycles. The molecule has 1 aromatic rings. The number of hydrogen-bond donors (Lipinski definition) is 2. The molecule has 1 saturated heterocycles. The lowest BCUT2D eigenvalue weighted by Gasteiger charge is -2.33. The molecule has 2 N–H and O–H groups in total. The Morgan fingerprint density at radius 2 is 2.24 bits per heavy atom. The van der Waals surface area contributed by atoms with E-state index in [1.165, 1.54) is 4.90 Å². The zero-order chi connectivity index (χ0) is 14.5. The van der Waals surface area contributed by atoms with Crippen molar-refractivity contribution < 1.29 is 9.59 Å². The first-order chi connectivity index (χ1) is 9.58. The Morgan fingerprint density at radius 3 is 2.76 bits per heavy atom. The minimum Gasteiger partial charge on any atom is -0.350 e. The second-order valence-electron chi connectivity index (χ2n) is 5.26. The van der Waals surface area contributed by atoms with E-state index < -0.39 is 0 Å². The lowest BCUT2D eigenvalue weighted by molar-refractivity contribution is -0.139. The molecule has 1 atom stereocenters. The third-order valence-corrected chi connectivity index (χ3v) is 4.58. The van der Waals surface area contributed by atoms with Gasteiger partial charge in [-0.05, 0) is 30.5 Å². The van der Waals surface area contributed by atoms with Gasteiger partial charge in [-0.1, -0.05) is 13.0 Å². The first kappa shape index (κ1) is 17.9. The normalized spacial score (nSPS) is 15.5.